The minimum absolute atomic E-state index is 0.104. The van der Waals surface area contributed by atoms with Crippen LogP contribution in [0.5, 0.6) is 5.75 Å². The lowest BCUT2D eigenvalue weighted by Crippen LogP contribution is -2.05. The molecule has 0 bridgehead atoms. The van der Waals surface area contributed by atoms with Crippen LogP contribution in [0.1, 0.15) is 16.9 Å². The van der Waals surface area contributed by atoms with E-state index < -0.39 is 0 Å². The first kappa shape index (κ1) is 15.9. The third kappa shape index (κ3) is 3.48. The Bertz CT molecular complexity index is 975. The second kappa shape index (κ2) is 7.03. The van der Waals surface area contributed by atoms with Crippen LogP contribution < -0.4 is 10.2 Å². The van der Waals surface area contributed by atoms with Crippen LogP contribution in [0.2, 0.25) is 0 Å². The van der Waals surface area contributed by atoms with Gasteiger partial charge < -0.3 is 13.9 Å². The van der Waals surface area contributed by atoms with E-state index in [0.29, 0.717) is 28.0 Å². The SMILES string of the molecule is COCOc1cc(C#Cc2ccccc2)c2c(=O)cc(C)oc2c1. The van der Waals surface area contributed by atoms with Crippen molar-refractivity contribution in [3.05, 3.63) is 75.6 Å². The predicted molar refractivity (Wildman–Crippen MR) is 92.1 cm³/mol. The molecule has 1 aromatic heterocycles. The molecule has 0 N–H and O–H groups in total. The maximum Gasteiger partial charge on any atom is 0.194 e. The second-order valence-electron chi connectivity index (χ2n) is 5.23. The van der Waals surface area contributed by atoms with Crippen LogP contribution in [0.15, 0.2) is 57.7 Å². The van der Waals surface area contributed by atoms with Crippen molar-refractivity contribution in [1.82, 2.24) is 0 Å². The van der Waals surface area contributed by atoms with Crippen molar-refractivity contribution >= 4 is 11.0 Å². The van der Waals surface area contributed by atoms with Gasteiger partial charge >= 0.3 is 0 Å². The Morgan fingerprint density at radius 2 is 1.88 bits per heavy atom. The van der Waals surface area contributed by atoms with Crippen molar-refractivity contribution in [3.63, 3.8) is 0 Å². The number of hydrogen-bond acceptors (Lipinski definition) is 4. The zero-order chi connectivity index (χ0) is 16.9. The molecule has 0 unspecified atom stereocenters. The Labute approximate surface area is 139 Å². The van der Waals surface area contributed by atoms with Gasteiger partial charge in [-0.1, -0.05) is 30.0 Å². The lowest BCUT2D eigenvalue weighted by Gasteiger charge is -2.07. The third-order valence-corrected chi connectivity index (χ3v) is 3.39. The van der Waals surface area contributed by atoms with Gasteiger partial charge in [-0.2, -0.15) is 0 Å². The molecule has 0 spiro atoms. The first-order valence-electron chi connectivity index (χ1n) is 7.44. The molecule has 0 saturated heterocycles. The number of rotatable bonds is 3. The van der Waals surface area contributed by atoms with Crippen LogP contribution in [0.25, 0.3) is 11.0 Å². The van der Waals surface area contributed by atoms with Crippen LogP contribution >= 0.6 is 0 Å². The van der Waals surface area contributed by atoms with Gasteiger partial charge in [0.2, 0.25) is 0 Å². The van der Waals surface area contributed by atoms with E-state index >= 15 is 0 Å². The van der Waals surface area contributed by atoms with E-state index in [0.717, 1.165) is 5.56 Å². The molecule has 4 heteroatoms. The minimum Gasteiger partial charge on any atom is -0.467 e. The predicted octanol–water partition coefficient (Wildman–Crippen LogP) is 3.48. The van der Waals surface area contributed by atoms with Crippen molar-refractivity contribution in [1.29, 1.82) is 0 Å². The lowest BCUT2D eigenvalue weighted by atomic mass is 10.1. The summed E-state index contributed by atoms with van der Waals surface area (Å²) in [5.41, 5.74) is 1.76. The third-order valence-electron chi connectivity index (χ3n) is 3.39. The molecule has 120 valence electrons. The highest BCUT2D eigenvalue weighted by molar-refractivity contribution is 5.85. The van der Waals surface area contributed by atoms with Gasteiger partial charge in [0, 0.05) is 30.4 Å². The number of aryl methyl sites for hydroxylation is 1. The Morgan fingerprint density at radius 3 is 2.62 bits per heavy atom. The molecular weight excluding hydrogens is 304 g/mol. The maximum atomic E-state index is 12.4. The fourth-order valence-corrected chi connectivity index (χ4v) is 2.35. The molecule has 3 rings (SSSR count). The molecule has 0 fully saturated rings. The molecular formula is C20H16O4. The van der Waals surface area contributed by atoms with Gasteiger partial charge in [0.05, 0.1) is 5.39 Å². The highest BCUT2D eigenvalue weighted by Crippen LogP contribution is 2.24. The van der Waals surface area contributed by atoms with Crippen molar-refractivity contribution < 1.29 is 13.9 Å². The molecule has 0 aliphatic rings. The van der Waals surface area contributed by atoms with Gasteiger partial charge in [0.1, 0.15) is 17.1 Å². The molecule has 2 aromatic carbocycles. The fourth-order valence-electron chi connectivity index (χ4n) is 2.35. The minimum atomic E-state index is -0.121. The Hall–Kier alpha value is -3.03. The van der Waals surface area contributed by atoms with Crippen molar-refractivity contribution in [3.8, 4) is 17.6 Å². The van der Waals surface area contributed by atoms with Crippen LogP contribution in [-0.2, 0) is 4.74 Å². The molecule has 0 radical (unpaired) electrons. The molecule has 0 aliphatic carbocycles. The first-order valence-corrected chi connectivity index (χ1v) is 7.44. The number of benzene rings is 2. The van der Waals surface area contributed by atoms with E-state index in [1.54, 1.807) is 26.2 Å². The molecule has 0 aliphatic heterocycles. The zero-order valence-electron chi connectivity index (χ0n) is 13.5. The van der Waals surface area contributed by atoms with Gasteiger partial charge in [-0.25, -0.2) is 0 Å². The van der Waals surface area contributed by atoms with Crippen molar-refractivity contribution in [2.24, 2.45) is 0 Å². The standard InChI is InChI=1S/C20H16O4/c1-14-10-18(21)20-16(9-8-15-6-4-3-5-7-15)11-17(23-13-22-2)12-19(20)24-14/h3-7,10-12H,13H2,1-2H3. The summed E-state index contributed by atoms with van der Waals surface area (Å²) in [7, 11) is 1.54. The van der Waals surface area contributed by atoms with Crippen LogP contribution in [0.4, 0.5) is 0 Å². The maximum absolute atomic E-state index is 12.4. The monoisotopic (exact) mass is 320 g/mol. The first-order chi connectivity index (χ1) is 11.7. The van der Waals surface area contributed by atoms with E-state index in [1.807, 2.05) is 30.3 Å². The summed E-state index contributed by atoms with van der Waals surface area (Å²) in [6.07, 6.45) is 0. The van der Waals surface area contributed by atoms with Gasteiger partial charge in [0.15, 0.2) is 12.2 Å². The van der Waals surface area contributed by atoms with Crippen LogP contribution in [-0.4, -0.2) is 13.9 Å². The van der Waals surface area contributed by atoms with Gasteiger partial charge in [-0.3, -0.25) is 4.79 Å². The topological polar surface area (TPSA) is 48.7 Å². The van der Waals surface area contributed by atoms with E-state index in [9.17, 15) is 4.79 Å². The Balaban J connectivity index is 2.17. The summed E-state index contributed by atoms with van der Waals surface area (Å²) in [6.45, 7) is 1.84. The lowest BCUT2D eigenvalue weighted by molar-refractivity contribution is 0.0511. The highest BCUT2D eigenvalue weighted by atomic mass is 16.7. The van der Waals surface area contributed by atoms with Crippen molar-refractivity contribution in [2.45, 2.75) is 6.92 Å². The fraction of sp³-hybridized carbons (Fsp3) is 0.150. The number of methoxy groups -OCH3 is 1. The zero-order valence-corrected chi connectivity index (χ0v) is 13.5. The second-order valence-corrected chi connectivity index (χ2v) is 5.23. The van der Waals surface area contributed by atoms with E-state index in [1.165, 1.54) is 6.07 Å². The van der Waals surface area contributed by atoms with E-state index in [4.69, 9.17) is 13.9 Å². The molecule has 4 nitrogen and oxygen atoms in total. The summed E-state index contributed by atoms with van der Waals surface area (Å²) >= 11 is 0. The summed E-state index contributed by atoms with van der Waals surface area (Å²) in [6, 6.07) is 14.4. The Kier molecular flexibility index (Phi) is 4.64. The quantitative estimate of drug-likeness (QED) is 0.547. The summed E-state index contributed by atoms with van der Waals surface area (Å²) in [5.74, 6) is 7.19. The number of hydrogen-bond donors (Lipinski definition) is 0. The molecule has 0 saturated carbocycles. The molecule has 0 atom stereocenters. The smallest absolute Gasteiger partial charge is 0.194 e. The highest BCUT2D eigenvalue weighted by Gasteiger charge is 2.10. The van der Waals surface area contributed by atoms with Gasteiger partial charge in [-0.05, 0) is 25.1 Å². The number of ether oxygens (including phenoxy) is 2. The summed E-state index contributed by atoms with van der Waals surface area (Å²) in [5, 5.41) is 0.453. The normalized spacial score (nSPS) is 10.2. The van der Waals surface area contributed by atoms with Crippen LogP contribution in [0.3, 0.4) is 0 Å². The Morgan fingerprint density at radius 1 is 1.08 bits per heavy atom. The average molecular weight is 320 g/mol. The summed E-state index contributed by atoms with van der Waals surface area (Å²) in [4.78, 5) is 12.4. The number of fused-ring (bicyclic) bond motifs is 1. The molecule has 1 heterocycles. The van der Waals surface area contributed by atoms with E-state index in [2.05, 4.69) is 11.8 Å². The van der Waals surface area contributed by atoms with E-state index in [-0.39, 0.29) is 12.2 Å². The van der Waals surface area contributed by atoms with Crippen LogP contribution in [0, 0.1) is 18.8 Å². The molecule has 24 heavy (non-hydrogen) atoms. The average Bonchev–Trinajstić information content (AvgIpc) is 2.58. The van der Waals surface area contributed by atoms with Gasteiger partial charge in [-0.15, -0.1) is 0 Å². The largest absolute Gasteiger partial charge is 0.467 e. The molecule has 3 aromatic rings. The summed E-state index contributed by atoms with van der Waals surface area (Å²) < 4.78 is 16.1. The van der Waals surface area contributed by atoms with Gasteiger partial charge in [0.25, 0.3) is 0 Å². The molecule has 0 amide bonds. The van der Waals surface area contributed by atoms with Crippen molar-refractivity contribution in [2.75, 3.05) is 13.9 Å².